The van der Waals surface area contributed by atoms with E-state index < -0.39 is 5.91 Å². The molecule has 1 N–H and O–H groups in total. The highest BCUT2D eigenvalue weighted by atomic mass is 32.1. The van der Waals surface area contributed by atoms with Crippen LogP contribution in [0.15, 0.2) is 29.3 Å². The molecule has 0 atom stereocenters. The van der Waals surface area contributed by atoms with Crippen LogP contribution < -0.4 is 10.7 Å². The molecule has 1 amide bonds. The predicted molar refractivity (Wildman–Crippen MR) is 91.2 cm³/mol. The van der Waals surface area contributed by atoms with Crippen LogP contribution in [0.25, 0.3) is 11.0 Å². The molecule has 7 heteroatoms. The van der Waals surface area contributed by atoms with Gasteiger partial charge in [-0.2, -0.15) is 0 Å². The molecule has 0 fully saturated rings. The van der Waals surface area contributed by atoms with Crippen molar-refractivity contribution in [2.24, 2.45) is 0 Å². The SMILES string of the molecule is CCn1cc(C(=O)Nc2ncc(C)s2)c(=O)c2ccc(C)nc21. The summed E-state index contributed by atoms with van der Waals surface area (Å²) in [5, 5.41) is 3.61. The third-order valence-electron chi connectivity index (χ3n) is 3.49. The van der Waals surface area contributed by atoms with E-state index in [2.05, 4.69) is 15.3 Å². The zero-order valence-corrected chi connectivity index (χ0v) is 13.9. The van der Waals surface area contributed by atoms with Gasteiger partial charge in [0.25, 0.3) is 5.91 Å². The van der Waals surface area contributed by atoms with Crippen LogP contribution in [0.3, 0.4) is 0 Å². The normalized spacial score (nSPS) is 10.9. The Labute approximate surface area is 136 Å². The van der Waals surface area contributed by atoms with Crippen molar-refractivity contribution in [1.82, 2.24) is 14.5 Å². The molecule has 3 heterocycles. The number of hydrogen-bond donors (Lipinski definition) is 1. The molecule has 3 aromatic heterocycles. The third kappa shape index (κ3) is 2.87. The lowest BCUT2D eigenvalue weighted by Gasteiger charge is -2.11. The summed E-state index contributed by atoms with van der Waals surface area (Å²) in [7, 11) is 0. The van der Waals surface area contributed by atoms with Gasteiger partial charge in [-0.25, -0.2) is 9.97 Å². The Balaban J connectivity index is 2.10. The minimum absolute atomic E-state index is 0.0952. The lowest BCUT2D eigenvalue weighted by molar-refractivity contribution is 0.102. The zero-order valence-electron chi connectivity index (χ0n) is 13.1. The van der Waals surface area contributed by atoms with E-state index in [1.165, 1.54) is 11.3 Å². The predicted octanol–water partition coefficient (Wildman–Crippen LogP) is 2.74. The Kier molecular flexibility index (Phi) is 3.96. The molecule has 0 radical (unpaired) electrons. The molecule has 0 saturated carbocycles. The van der Waals surface area contributed by atoms with Crippen molar-refractivity contribution < 1.29 is 4.79 Å². The Hall–Kier alpha value is -2.54. The number of amides is 1. The first-order chi connectivity index (χ1) is 11.0. The summed E-state index contributed by atoms with van der Waals surface area (Å²) >= 11 is 1.37. The Morgan fingerprint density at radius 1 is 1.35 bits per heavy atom. The van der Waals surface area contributed by atoms with Gasteiger partial charge in [0.05, 0.1) is 5.39 Å². The van der Waals surface area contributed by atoms with E-state index in [0.29, 0.717) is 22.7 Å². The molecule has 23 heavy (non-hydrogen) atoms. The van der Waals surface area contributed by atoms with E-state index in [9.17, 15) is 9.59 Å². The molecule has 6 nitrogen and oxygen atoms in total. The maximum absolute atomic E-state index is 12.6. The molecule has 0 aliphatic rings. The molecular formula is C16H16N4O2S. The van der Waals surface area contributed by atoms with Crippen molar-refractivity contribution >= 4 is 33.4 Å². The van der Waals surface area contributed by atoms with E-state index in [-0.39, 0.29) is 11.0 Å². The molecule has 0 aromatic carbocycles. The summed E-state index contributed by atoms with van der Waals surface area (Å²) in [6.07, 6.45) is 3.24. The number of carbonyl (C=O) groups is 1. The third-order valence-corrected chi connectivity index (χ3v) is 4.32. The number of pyridine rings is 2. The Bertz CT molecular complexity index is 958. The number of rotatable bonds is 3. The molecule has 0 spiro atoms. The highest BCUT2D eigenvalue weighted by Crippen LogP contribution is 2.17. The van der Waals surface area contributed by atoms with Crippen LogP contribution >= 0.6 is 11.3 Å². The van der Waals surface area contributed by atoms with Gasteiger partial charge in [0, 0.05) is 29.5 Å². The first kappa shape index (κ1) is 15.4. The second-order valence-corrected chi connectivity index (χ2v) is 6.45. The van der Waals surface area contributed by atoms with Crippen molar-refractivity contribution in [3.63, 3.8) is 0 Å². The van der Waals surface area contributed by atoms with Crippen LogP contribution in [-0.2, 0) is 6.54 Å². The van der Waals surface area contributed by atoms with Gasteiger partial charge in [-0.3, -0.25) is 14.9 Å². The number of anilines is 1. The highest BCUT2D eigenvalue weighted by molar-refractivity contribution is 7.15. The average Bonchev–Trinajstić information content (AvgIpc) is 2.92. The second kappa shape index (κ2) is 5.92. The number of fused-ring (bicyclic) bond motifs is 1. The first-order valence-corrected chi connectivity index (χ1v) is 8.06. The first-order valence-electron chi connectivity index (χ1n) is 7.24. The number of aryl methyl sites for hydroxylation is 3. The fourth-order valence-electron chi connectivity index (χ4n) is 2.34. The maximum Gasteiger partial charge on any atom is 0.262 e. The Morgan fingerprint density at radius 2 is 2.13 bits per heavy atom. The number of thiazole rings is 1. The quantitative estimate of drug-likeness (QED) is 0.802. The van der Waals surface area contributed by atoms with Gasteiger partial charge in [0.2, 0.25) is 5.43 Å². The van der Waals surface area contributed by atoms with Crippen LogP contribution in [-0.4, -0.2) is 20.4 Å². The van der Waals surface area contributed by atoms with E-state index in [1.54, 1.807) is 24.5 Å². The molecule has 3 aromatic rings. The molecule has 0 aliphatic heterocycles. The van der Waals surface area contributed by atoms with Crippen molar-refractivity contribution in [1.29, 1.82) is 0 Å². The van der Waals surface area contributed by atoms with Gasteiger partial charge < -0.3 is 4.57 Å². The van der Waals surface area contributed by atoms with Crippen molar-refractivity contribution in [2.75, 3.05) is 5.32 Å². The standard InChI is InChI=1S/C16H16N4O2S/c1-4-20-8-12(15(22)19-16-17-7-10(3)23-16)13(21)11-6-5-9(2)18-14(11)20/h5-8H,4H2,1-3H3,(H,17,19,22). The van der Waals surface area contributed by atoms with E-state index in [0.717, 1.165) is 10.6 Å². The fraction of sp³-hybridized carbons (Fsp3) is 0.250. The van der Waals surface area contributed by atoms with Crippen LogP contribution in [0.4, 0.5) is 5.13 Å². The summed E-state index contributed by atoms with van der Waals surface area (Å²) in [4.78, 5) is 34.6. The van der Waals surface area contributed by atoms with Gasteiger partial charge in [-0.15, -0.1) is 11.3 Å². The number of aromatic nitrogens is 3. The van der Waals surface area contributed by atoms with Crippen LogP contribution in [0.5, 0.6) is 0 Å². The molecule has 0 unspecified atom stereocenters. The molecule has 3 rings (SSSR count). The lowest BCUT2D eigenvalue weighted by Crippen LogP contribution is -2.24. The summed E-state index contributed by atoms with van der Waals surface area (Å²) in [5.74, 6) is -0.450. The van der Waals surface area contributed by atoms with Crippen LogP contribution in [0, 0.1) is 13.8 Å². The molecule has 0 aliphatic carbocycles. The minimum atomic E-state index is -0.450. The van der Waals surface area contributed by atoms with E-state index in [1.807, 2.05) is 25.3 Å². The van der Waals surface area contributed by atoms with Crippen molar-refractivity contribution in [2.45, 2.75) is 27.3 Å². The number of nitrogens with zero attached hydrogens (tertiary/aromatic N) is 3. The van der Waals surface area contributed by atoms with Gasteiger partial charge in [0.1, 0.15) is 11.2 Å². The summed E-state index contributed by atoms with van der Waals surface area (Å²) in [6.45, 7) is 6.33. The topological polar surface area (TPSA) is 76.9 Å². The monoisotopic (exact) mass is 328 g/mol. The van der Waals surface area contributed by atoms with Gasteiger partial charge >= 0.3 is 0 Å². The zero-order chi connectivity index (χ0) is 16.6. The largest absolute Gasteiger partial charge is 0.332 e. The van der Waals surface area contributed by atoms with Gasteiger partial charge in [-0.05, 0) is 32.9 Å². The van der Waals surface area contributed by atoms with Gasteiger partial charge in [-0.1, -0.05) is 0 Å². The fourth-order valence-corrected chi connectivity index (χ4v) is 3.00. The smallest absolute Gasteiger partial charge is 0.262 e. The lowest BCUT2D eigenvalue weighted by atomic mass is 10.1. The van der Waals surface area contributed by atoms with Crippen LogP contribution in [0.2, 0.25) is 0 Å². The molecule has 0 saturated heterocycles. The summed E-state index contributed by atoms with van der Waals surface area (Å²) in [5.41, 5.74) is 1.20. The van der Waals surface area contributed by atoms with E-state index >= 15 is 0 Å². The molecular weight excluding hydrogens is 312 g/mol. The highest BCUT2D eigenvalue weighted by Gasteiger charge is 2.17. The molecule has 0 bridgehead atoms. The van der Waals surface area contributed by atoms with Crippen molar-refractivity contribution in [3.8, 4) is 0 Å². The Morgan fingerprint density at radius 3 is 2.78 bits per heavy atom. The van der Waals surface area contributed by atoms with Crippen molar-refractivity contribution in [3.05, 3.63) is 50.9 Å². The van der Waals surface area contributed by atoms with Crippen LogP contribution in [0.1, 0.15) is 27.9 Å². The average molecular weight is 328 g/mol. The second-order valence-electron chi connectivity index (χ2n) is 5.21. The maximum atomic E-state index is 12.6. The minimum Gasteiger partial charge on any atom is -0.332 e. The number of nitrogens with one attached hydrogen (secondary N) is 1. The van der Waals surface area contributed by atoms with E-state index in [4.69, 9.17) is 0 Å². The summed E-state index contributed by atoms with van der Waals surface area (Å²) in [6, 6.07) is 3.49. The number of carbonyl (C=O) groups excluding carboxylic acids is 1. The molecule has 118 valence electrons. The number of hydrogen-bond acceptors (Lipinski definition) is 5. The van der Waals surface area contributed by atoms with Gasteiger partial charge in [0.15, 0.2) is 5.13 Å². The summed E-state index contributed by atoms with van der Waals surface area (Å²) < 4.78 is 1.81.